The van der Waals surface area contributed by atoms with Gasteiger partial charge in [0.15, 0.2) is 0 Å². The zero-order chi connectivity index (χ0) is 28.7. The average Bonchev–Trinajstić information content (AvgIpc) is 2.96. The molecule has 2 aliphatic rings. The van der Waals surface area contributed by atoms with Crippen LogP contribution in [0.4, 0.5) is 0 Å². The molecule has 0 saturated carbocycles. The van der Waals surface area contributed by atoms with Gasteiger partial charge in [-0.15, -0.1) is 0 Å². The average molecular weight is 706 g/mol. The van der Waals surface area contributed by atoms with Gasteiger partial charge in [-0.05, 0) is 48.6 Å². The Kier molecular flexibility index (Phi) is 21.0. The van der Waals surface area contributed by atoms with Crippen LogP contribution < -0.4 is 10.6 Å². The van der Waals surface area contributed by atoms with Gasteiger partial charge in [-0.1, -0.05) is 24.3 Å². The van der Waals surface area contributed by atoms with Crippen LogP contribution in [0.5, 0.6) is 0 Å². The number of aromatic nitrogens is 2. The number of carbonyl (C=O) groups excluding carboxylic acids is 2. The van der Waals surface area contributed by atoms with Crippen LogP contribution in [0.15, 0.2) is 120 Å². The molecule has 2 heterocycles. The van der Waals surface area contributed by atoms with Crippen molar-refractivity contribution in [3.05, 3.63) is 131 Å². The van der Waals surface area contributed by atoms with E-state index in [0.29, 0.717) is 24.2 Å². The minimum Gasteiger partial charge on any atom is -0.478 e. The molecule has 2 aliphatic carbocycles. The number of carboxylic acid groups (broad SMARTS) is 2. The largest absolute Gasteiger partial charge is 0.478 e. The van der Waals surface area contributed by atoms with E-state index >= 15 is 0 Å². The van der Waals surface area contributed by atoms with Crippen LogP contribution in [-0.2, 0) is 77.1 Å². The Hall–Kier alpha value is -4.42. The molecule has 0 atom stereocenters. The number of ketones is 2. The number of hydrogen-bond acceptors (Lipinski definition) is 8. The van der Waals surface area contributed by atoms with Gasteiger partial charge in [0.2, 0.25) is 11.6 Å². The summed E-state index contributed by atoms with van der Waals surface area (Å²) in [6.45, 7) is 1.24. The van der Waals surface area contributed by atoms with Gasteiger partial charge < -0.3 is 31.8 Å². The van der Waals surface area contributed by atoms with Crippen molar-refractivity contribution in [2.24, 2.45) is 0 Å². The number of hydrogen-bond donors (Lipinski definition) is 4. The third-order valence-corrected chi connectivity index (χ3v) is 5.57. The Bertz CT molecular complexity index is 1330. The molecule has 2 aromatic rings. The molecule has 0 aromatic carbocycles. The van der Waals surface area contributed by atoms with Gasteiger partial charge in [-0.2, -0.15) is 0 Å². The van der Waals surface area contributed by atoms with Crippen molar-refractivity contribution in [2.75, 3.05) is 13.1 Å². The van der Waals surface area contributed by atoms with E-state index in [9.17, 15) is 19.2 Å². The number of aliphatic carboxylic acids is 2. The van der Waals surface area contributed by atoms with E-state index < -0.39 is 23.5 Å². The van der Waals surface area contributed by atoms with Gasteiger partial charge in [0.25, 0.3) is 0 Å². The molecule has 0 aliphatic heterocycles. The SMILES string of the molecule is O=C(O)C1=CC=CC(=CNCCc2ccccn2)C1=O.O=C(O)C1=CC=CC(=CNCCc2ccccn2)C1=O.[Cu].[Cu].[OH3+].[OH3+]. The zero-order valence-electron chi connectivity index (χ0n) is 23.2. The minimum atomic E-state index is -1.21. The van der Waals surface area contributed by atoms with E-state index in [1.54, 1.807) is 36.7 Å². The molecular formula is C30H34Cu2N4O8+2. The first-order valence-electron chi connectivity index (χ1n) is 12.4. The Morgan fingerprint density at radius 2 is 1.07 bits per heavy atom. The van der Waals surface area contributed by atoms with Crippen LogP contribution >= 0.6 is 0 Å². The second kappa shape index (κ2) is 22.2. The molecule has 0 spiro atoms. The quantitative estimate of drug-likeness (QED) is 0.0888. The number of nitrogens with zero attached hydrogens (tertiary/aromatic N) is 2. The predicted molar refractivity (Wildman–Crippen MR) is 158 cm³/mol. The number of carbonyl (C=O) groups is 4. The summed E-state index contributed by atoms with van der Waals surface area (Å²) in [4.78, 5) is 53.7. The maximum Gasteiger partial charge on any atom is 0.339 e. The fourth-order valence-corrected chi connectivity index (χ4v) is 3.53. The van der Waals surface area contributed by atoms with Crippen molar-refractivity contribution in [2.45, 2.75) is 12.8 Å². The van der Waals surface area contributed by atoms with Crippen LogP contribution in [0.3, 0.4) is 0 Å². The summed E-state index contributed by atoms with van der Waals surface area (Å²) < 4.78 is 0. The van der Waals surface area contributed by atoms with Crippen LogP contribution in [0, 0.1) is 0 Å². The third kappa shape index (κ3) is 13.3. The van der Waals surface area contributed by atoms with Crippen molar-refractivity contribution in [3.63, 3.8) is 0 Å². The molecule has 2 radical (unpaired) electrons. The van der Waals surface area contributed by atoms with Crippen molar-refractivity contribution in [3.8, 4) is 0 Å². The van der Waals surface area contributed by atoms with E-state index in [1.165, 1.54) is 24.6 Å². The number of Topliss-reactive ketones (excluding diaryl/α,β-unsaturated/α-hetero) is 2. The summed E-state index contributed by atoms with van der Waals surface area (Å²) in [6, 6.07) is 11.4. The minimum absolute atomic E-state index is 0. The molecule has 0 amide bonds. The first-order chi connectivity index (χ1) is 19.4. The topological polar surface area (TPSA) is 225 Å². The summed E-state index contributed by atoms with van der Waals surface area (Å²) in [5.74, 6) is -3.38. The maximum atomic E-state index is 11.8. The Labute approximate surface area is 275 Å². The van der Waals surface area contributed by atoms with Gasteiger partial charge >= 0.3 is 11.9 Å². The van der Waals surface area contributed by atoms with E-state index in [-0.39, 0.29) is 56.2 Å². The molecule has 4 rings (SSSR count). The van der Waals surface area contributed by atoms with Gasteiger partial charge in [0.1, 0.15) is 11.1 Å². The Morgan fingerprint density at radius 3 is 1.39 bits per heavy atom. The van der Waals surface area contributed by atoms with Crippen LogP contribution in [-0.4, -0.2) is 56.8 Å². The maximum absolute atomic E-state index is 11.8. The van der Waals surface area contributed by atoms with Crippen molar-refractivity contribution in [1.82, 2.24) is 20.6 Å². The number of carboxylic acids is 2. The first-order valence-corrected chi connectivity index (χ1v) is 12.4. The molecule has 0 unspecified atom stereocenters. The van der Waals surface area contributed by atoms with Gasteiger partial charge in [-0.25, -0.2) is 9.59 Å². The van der Waals surface area contributed by atoms with E-state index in [1.807, 2.05) is 36.4 Å². The van der Waals surface area contributed by atoms with E-state index in [2.05, 4.69) is 20.6 Å². The monoisotopic (exact) mass is 704 g/mol. The predicted octanol–water partition coefficient (Wildman–Crippen LogP) is 0.646. The summed E-state index contributed by atoms with van der Waals surface area (Å²) in [5.41, 5.74) is 2.15. The van der Waals surface area contributed by atoms with Crippen molar-refractivity contribution < 1.29 is 74.5 Å². The van der Waals surface area contributed by atoms with Crippen LogP contribution in [0.25, 0.3) is 0 Å². The second-order valence-electron chi connectivity index (χ2n) is 8.40. The molecular weight excluding hydrogens is 671 g/mol. The molecule has 0 fully saturated rings. The van der Waals surface area contributed by atoms with Gasteiger partial charge in [-0.3, -0.25) is 19.6 Å². The zero-order valence-corrected chi connectivity index (χ0v) is 25.1. The van der Waals surface area contributed by atoms with E-state index in [4.69, 9.17) is 10.2 Å². The van der Waals surface area contributed by atoms with Gasteiger partial charge in [0.05, 0.1) is 0 Å². The Morgan fingerprint density at radius 1 is 0.682 bits per heavy atom. The number of allylic oxidation sites excluding steroid dienone is 8. The van der Waals surface area contributed by atoms with Crippen LogP contribution in [0.2, 0.25) is 0 Å². The summed E-state index contributed by atoms with van der Waals surface area (Å²) >= 11 is 0. The number of rotatable bonds is 10. The third-order valence-electron chi connectivity index (χ3n) is 5.57. The van der Waals surface area contributed by atoms with E-state index in [0.717, 1.165) is 24.2 Å². The smallest absolute Gasteiger partial charge is 0.339 e. The molecule has 242 valence electrons. The summed E-state index contributed by atoms with van der Waals surface area (Å²) in [7, 11) is 0. The molecule has 0 bridgehead atoms. The standard InChI is InChI=1S/2C15H14N2O3.2Cu.2H2O/c2*18-14-11(4-3-6-13(14)15(19)20)10-16-9-7-12-5-1-2-8-17-12;;;;/h2*1-6,8,10,16H,7,9H2,(H,19,20);;;2*1H2/p+2. The normalized spacial score (nSPS) is 14.6. The fourth-order valence-electron chi connectivity index (χ4n) is 3.53. The molecule has 44 heavy (non-hydrogen) atoms. The Balaban J connectivity index is 0. The second-order valence-corrected chi connectivity index (χ2v) is 8.40. The molecule has 2 aromatic heterocycles. The molecule has 0 saturated heterocycles. The summed E-state index contributed by atoms with van der Waals surface area (Å²) in [5, 5.41) is 23.7. The van der Waals surface area contributed by atoms with Crippen molar-refractivity contribution in [1.29, 1.82) is 0 Å². The van der Waals surface area contributed by atoms with Crippen LogP contribution in [0.1, 0.15) is 11.4 Å². The molecule has 12 nitrogen and oxygen atoms in total. The molecule has 14 heteroatoms. The van der Waals surface area contributed by atoms with Gasteiger partial charge in [0, 0.05) is 107 Å². The molecule has 10 N–H and O–H groups in total. The summed E-state index contributed by atoms with van der Waals surface area (Å²) in [6.07, 6.45) is 16.9. The fraction of sp³-hybridized carbons (Fsp3) is 0.133. The first kappa shape index (κ1) is 41.7. The number of nitrogens with one attached hydrogen (secondary N) is 2. The van der Waals surface area contributed by atoms with Crippen molar-refractivity contribution >= 4 is 23.5 Å². The number of pyridine rings is 2.